The first-order chi connectivity index (χ1) is 13.7. The fourth-order valence-corrected chi connectivity index (χ4v) is 3.03. The van der Waals surface area contributed by atoms with Crippen LogP contribution < -0.4 is 10.1 Å². The lowest BCUT2D eigenvalue weighted by atomic mass is 10.1. The first-order valence-corrected chi connectivity index (χ1v) is 9.60. The number of ether oxygens (including phenoxy) is 1. The number of hydrogen-bond acceptors (Lipinski definition) is 4. The highest BCUT2D eigenvalue weighted by molar-refractivity contribution is 5.98. The monoisotopic (exact) mass is 379 g/mol. The van der Waals surface area contributed by atoms with Crippen LogP contribution in [0.25, 0.3) is 11.0 Å². The van der Waals surface area contributed by atoms with Crippen molar-refractivity contribution in [2.75, 3.05) is 13.2 Å². The smallest absolute Gasteiger partial charge is 0.220 e. The molecule has 6 nitrogen and oxygen atoms in total. The molecule has 2 aromatic carbocycles. The molecule has 3 rings (SSSR count). The molecule has 1 amide bonds. The zero-order valence-corrected chi connectivity index (χ0v) is 16.1. The largest absolute Gasteiger partial charge is 0.494 e. The summed E-state index contributed by atoms with van der Waals surface area (Å²) in [5, 5.41) is 2.88. The molecule has 146 valence electrons. The summed E-state index contributed by atoms with van der Waals surface area (Å²) in [6.07, 6.45) is 3.02. The molecule has 6 heteroatoms. The highest BCUT2D eigenvalue weighted by Crippen LogP contribution is 2.14. The summed E-state index contributed by atoms with van der Waals surface area (Å²) < 4.78 is 7.44. The highest BCUT2D eigenvalue weighted by Gasteiger charge is 2.09. The van der Waals surface area contributed by atoms with Gasteiger partial charge >= 0.3 is 0 Å². The summed E-state index contributed by atoms with van der Waals surface area (Å²) in [6.45, 7) is 3.86. The number of benzene rings is 2. The molecule has 0 aliphatic rings. The zero-order valence-electron chi connectivity index (χ0n) is 16.1. The van der Waals surface area contributed by atoms with E-state index in [2.05, 4.69) is 14.9 Å². The Morgan fingerprint density at radius 3 is 2.64 bits per heavy atom. The van der Waals surface area contributed by atoms with Crippen molar-refractivity contribution in [3.8, 4) is 5.75 Å². The van der Waals surface area contributed by atoms with Gasteiger partial charge in [0.05, 0.1) is 24.0 Å². The lowest BCUT2D eigenvalue weighted by Crippen LogP contribution is -2.25. The van der Waals surface area contributed by atoms with Gasteiger partial charge in [-0.15, -0.1) is 0 Å². The number of aromatic nitrogens is 2. The Morgan fingerprint density at radius 1 is 1.07 bits per heavy atom. The summed E-state index contributed by atoms with van der Waals surface area (Å²) in [7, 11) is 0. The molecule has 0 bridgehead atoms. The maximum atomic E-state index is 12.2. The van der Waals surface area contributed by atoms with Gasteiger partial charge in [-0.1, -0.05) is 12.1 Å². The van der Waals surface area contributed by atoms with Crippen LogP contribution in [-0.2, 0) is 11.3 Å². The minimum Gasteiger partial charge on any atom is -0.494 e. The number of nitrogens with zero attached hydrogens (tertiary/aromatic N) is 2. The van der Waals surface area contributed by atoms with Crippen molar-refractivity contribution >= 4 is 22.7 Å². The van der Waals surface area contributed by atoms with Crippen LogP contribution >= 0.6 is 0 Å². The minimum atomic E-state index is -0.102. The number of para-hydroxylation sites is 2. The van der Waals surface area contributed by atoms with E-state index in [-0.39, 0.29) is 24.5 Å². The molecule has 0 radical (unpaired) electrons. The molecule has 1 heterocycles. The van der Waals surface area contributed by atoms with Gasteiger partial charge in [0.25, 0.3) is 0 Å². The minimum absolute atomic E-state index is 0.0388. The quantitative estimate of drug-likeness (QED) is 0.431. The van der Waals surface area contributed by atoms with Crippen LogP contribution in [0.3, 0.4) is 0 Å². The molecular weight excluding hydrogens is 354 g/mol. The van der Waals surface area contributed by atoms with E-state index in [0.717, 1.165) is 29.7 Å². The molecular formula is C22H25N3O3. The third kappa shape index (κ3) is 5.19. The fraction of sp³-hybridized carbons (Fsp3) is 0.318. The number of hydrogen-bond donors (Lipinski definition) is 1. The molecule has 0 saturated carbocycles. The van der Waals surface area contributed by atoms with E-state index < -0.39 is 0 Å². The van der Waals surface area contributed by atoms with Crippen molar-refractivity contribution in [2.45, 2.75) is 32.7 Å². The molecule has 0 aliphatic heterocycles. The summed E-state index contributed by atoms with van der Waals surface area (Å²) in [5.41, 5.74) is 2.66. The van der Waals surface area contributed by atoms with Crippen molar-refractivity contribution in [1.82, 2.24) is 14.9 Å². The topological polar surface area (TPSA) is 73.2 Å². The summed E-state index contributed by atoms with van der Waals surface area (Å²) >= 11 is 0. The Bertz CT molecular complexity index is 932. The maximum absolute atomic E-state index is 12.2. The number of amides is 1. The normalized spacial score (nSPS) is 10.8. The number of nitrogens with one attached hydrogen (secondary N) is 1. The number of aryl methyl sites for hydroxylation is 1. The first-order valence-electron chi connectivity index (χ1n) is 9.60. The van der Waals surface area contributed by atoms with E-state index in [1.165, 1.54) is 0 Å². The molecule has 0 atom stereocenters. The Morgan fingerprint density at radius 2 is 1.86 bits per heavy atom. The summed E-state index contributed by atoms with van der Waals surface area (Å²) in [5.74, 6) is 0.598. The molecule has 3 aromatic rings. The second kappa shape index (κ2) is 9.69. The van der Waals surface area contributed by atoms with Gasteiger partial charge in [0.15, 0.2) is 5.78 Å². The van der Waals surface area contributed by atoms with Crippen molar-refractivity contribution in [3.63, 3.8) is 0 Å². The number of carbonyl (C=O) groups is 2. The van der Waals surface area contributed by atoms with E-state index in [0.29, 0.717) is 18.7 Å². The van der Waals surface area contributed by atoms with Crippen LogP contribution in [0.5, 0.6) is 5.75 Å². The Hall–Kier alpha value is -3.15. The van der Waals surface area contributed by atoms with Gasteiger partial charge < -0.3 is 14.6 Å². The van der Waals surface area contributed by atoms with Gasteiger partial charge in [-0.2, -0.15) is 0 Å². The molecule has 0 fully saturated rings. The second-order valence-corrected chi connectivity index (χ2v) is 6.51. The maximum Gasteiger partial charge on any atom is 0.220 e. The van der Waals surface area contributed by atoms with Crippen molar-refractivity contribution < 1.29 is 14.3 Å². The van der Waals surface area contributed by atoms with E-state index >= 15 is 0 Å². The third-order valence-corrected chi connectivity index (χ3v) is 4.49. The van der Waals surface area contributed by atoms with Crippen LogP contribution in [0.15, 0.2) is 54.9 Å². The van der Waals surface area contributed by atoms with Crippen molar-refractivity contribution in [3.05, 3.63) is 60.4 Å². The predicted octanol–water partition coefficient (Wildman–Crippen LogP) is 3.60. The van der Waals surface area contributed by atoms with Gasteiger partial charge in [-0.25, -0.2) is 4.98 Å². The van der Waals surface area contributed by atoms with Gasteiger partial charge in [0, 0.05) is 31.5 Å². The van der Waals surface area contributed by atoms with Crippen LogP contribution in [-0.4, -0.2) is 34.4 Å². The molecule has 0 aliphatic carbocycles. The first kappa shape index (κ1) is 19.6. The molecule has 1 N–H and O–H groups in total. The molecule has 0 saturated heterocycles. The molecule has 0 spiro atoms. The van der Waals surface area contributed by atoms with E-state index in [1.54, 1.807) is 24.3 Å². The van der Waals surface area contributed by atoms with Crippen molar-refractivity contribution in [2.24, 2.45) is 0 Å². The Labute approximate surface area is 164 Å². The number of rotatable bonds is 10. The Balaban J connectivity index is 1.36. The molecule has 28 heavy (non-hydrogen) atoms. The van der Waals surface area contributed by atoms with Crippen LogP contribution in [0, 0.1) is 0 Å². The van der Waals surface area contributed by atoms with E-state index in [4.69, 9.17) is 4.74 Å². The van der Waals surface area contributed by atoms with Crippen LogP contribution in [0.4, 0.5) is 0 Å². The number of fused-ring (bicyclic) bond motifs is 1. The van der Waals surface area contributed by atoms with Gasteiger partial charge in [0.2, 0.25) is 5.91 Å². The van der Waals surface area contributed by atoms with E-state index in [1.807, 2.05) is 37.5 Å². The van der Waals surface area contributed by atoms with Crippen LogP contribution in [0.2, 0.25) is 0 Å². The predicted molar refractivity (Wildman–Crippen MR) is 109 cm³/mol. The second-order valence-electron chi connectivity index (χ2n) is 6.51. The fourth-order valence-electron chi connectivity index (χ4n) is 3.03. The summed E-state index contributed by atoms with van der Waals surface area (Å²) in [6, 6.07) is 15.0. The number of Topliss-reactive ketones (excluding diaryl/α,β-unsaturated/α-hetero) is 1. The van der Waals surface area contributed by atoms with Crippen LogP contribution in [0.1, 0.15) is 36.5 Å². The van der Waals surface area contributed by atoms with Gasteiger partial charge in [-0.3, -0.25) is 9.59 Å². The average Bonchev–Trinajstić information content (AvgIpc) is 3.13. The number of ketones is 1. The SMILES string of the molecule is CCOc1ccc(C(=O)CCC(=O)NCCCn2cnc3ccccc32)cc1. The average molecular weight is 379 g/mol. The zero-order chi connectivity index (χ0) is 19.8. The van der Waals surface area contributed by atoms with Gasteiger partial charge in [-0.05, 0) is 49.7 Å². The highest BCUT2D eigenvalue weighted by atomic mass is 16.5. The van der Waals surface area contributed by atoms with Crippen molar-refractivity contribution in [1.29, 1.82) is 0 Å². The molecule has 1 aromatic heterocycles. The molecule has 0 unspecified atom stereocenters. The third-order valence-electron chi connectivity index (χ3n) is 4.49. The van der Waals surface area contributed by atoms with E-state index in [9.17, 15) is 9.59 Å². The summed E-state index contributed by atoms with van der Waals surface area (Å²) in [4.78, 5) is 28.5. The number of carbonyl (C=O) groups excluding carboxylic acids is 2. The lowest BCUT2D eigenvalue weighted by Gasteiger charge is -2.07. The van der Waals surface area contributed by atoms with Gasteiger partial charge in [0.1, 0.15) is 5.75 Å². The standard InChI is InChI=1S/C22H25N3O3/c1-2-28-18-10-8-17(9-11-18)21(26)12-13-22(27)23-14-5-15-25-16-24-19-6-3-4-7-20(19)25/h3-4,6-11,16H,2,5,12-15H2,1H3,(H,23,27). The lowest BCUT2D eigenvalue weighted by molar-refractivity contribution is -0.121. The number of imidazole rings is 1. The Kier molecular flexibility index (Phi) is 6.78.